The summed E-state index contributed by atoms with van der Waals surface area (Å²) in [5.74, 6) is -0.658. The van der Waals surface area contributed by atoms with Gasteiger partial charge in [-0.2, -0.15) is 0 Å². The Labute approximate surface area is 259 Å². The number of Topliss-reactive ketones (excluding diaryl/α,β-unsaturated/α-hetero) is 1. The molecule has 2 amide bonds. The van der Waals surface area contributed by atoms with Gasteiger partial charge in [0.2, 0.25) is 0 Å². The average Bonchev–Trinajstić information content (AvgIpc) is 3.04. The molecule has 212 valence electrons. The molecule has 0 aliphatic heterocycles. The van der Waals surface area contributed by atoms with E-state index in [1.54, 1.807) is 72.8 Å². The van der Waals surface area contributed by atoms with Crippen molar-refractivity contribution in [2.75, 3.05) is 11.1 Å². The largest absolute Gasteiger partial charge is 0.321 e. The number of amides is 2. The van der Waals surface area contributed by atoms with Crippen molar-refractivity contribution >= 4 is 52.7 Å². The molecule has 0 saturated heterocycles. The minimum atomic E-state index is -0.499. The van der Waals surface area contributed by atoms with E-state index in [2.05, 4.69) is 10.6 Å². The Hall–Kier alpha value is -4.91. The van der Waals surface area contributed by atoms with Gasteiger partial charge >= 0.3 is 0 Å². The Morgan fingerprint density at radius 3 is 2.07 bits per heavy atom. The fraction of sp³-hybridized carbons (Fsp3) is 0.0278. The summed E-state index contributed by atoms with van der Waals surface area (Å²) >= 11 is 7.52. The number of rotatable bonds is 10. The Balaban J connectivity index is 1.26. The van der Waals surface area contributed by atoms with Gasteiger partial charge < -0.3 is 10.6 Å². The predicted molar refractivity (Wildman–Crippen MR) is 175 cm³/mol. The third kappa shape index (κ3) is 8.32. The third-order valence-corrected chi connectivity index (χ3v) is 7.69. The molecule has 43 heavy (non-hydrogen) atoms. The maximum absolute atomic E-state index is 13.4. The number of halogens is 1. The topological polar surface area (TPSA) is 75.3 Å². The maximum atomic E-state index is 13.4. The van der Waals surface area contributed by atoms with Crippen LogP contribution in [0.25, 0.3) is 17.2 Å². The first-order chi connectivity index (χ1) is 20.9. The van der Waals surface area contributed by atoms with Crippen molar-refractivity contribution in [2.45, 2.75) is 4.90 Å². The van der Waals surface area contributed by atoms with Crippen LogP contribution in [-0.4, -0.2) is 23.4 Å². The third-order valence-electron chi connectivity index (χ3n) is 6.46. The number of anilines is 1. The van der Waals surface area contributed by atoms with Crippen LogP contribution < -0.4 is 10.6 Å². The van der Waals surface area contributed by atoms with Crippen LogP contribution in [-0.2, 0) is 4.79 Å². The smallest absolute Gasteiger partial charge is 0.272 e. The molecule has 0 spiro atoms. The van der Waals surface area contributed by atoms with Crippen molar-refractivity contribution < 1.29 is 14.4 Å². The van der Waals surface area contributed by atoms with Crippen molar-refractivity contribution in [1.82, 2.24) is 5.32 Å². The molecule has 0 heterocycles. The number of ketones is 1. The van der Waals surface area contributed by atoms with Gasteiger partial charge in [-0.05, 0) is 65.2 Å². The molecule has 0 unspecified atom stereocenters. The molecule has 2 N–H and O–H groups in total. The van der Waals surface area contributed by atoms with Crippen LogP contribution in [0.15, 0.2) is 144 Å². The van der Waals surface area contributed by atoms with E-state index in [0.717, 1.165) is 16.0 Å². The van der Waals surface area contributed by atoms with Gasteiger partial charge in [-0.1, -0.05) is 103 Å². The number of carbonyl (C=O) groups excluding carboxylic acids is 3. The van der Waals surface area contributed by atoms with Gasteiger partial charge in [-0.3, -0.25) is 14.4 Å². The van der Waals surface area contributed by atoms with Crippen LogP contribution in [0.5, 0.6) is 0 Å². The summed E-state index contributed by atoms with van der Waals surface area (Å²) in [5, 5.41) is 6.10. The number of carbonyl (C=O) groups is 3. The first-order valence-corrected chi connectivity index (χ1v) is 14.9. The van der Waals surface area contributed by atoms with E-state index in [1.807, 2.05) is 66.7 Å². The van der Waals surface area contributed by atoms with Gasteiger partial charge in [0.15, 0.2) is 5.78 Å². The minimum Gasteiger partial charge on any atom is -0.321 e. The van der Waals surface area contributed by atoms with E-state index in [1.165, 1.54) is 11.8 Å². The lowest BCUT2D eigenvalue weighted by atomic mass is 10.0. The maximum Gasteiger partial charge on any atom is 0.272 e. The van der Waals surface area contributed by atoms with Crippen molar-refractivity contribution in [3.05, 3.63) is 161 Å². The summed E-state index contributed by atoms with van der Waals surface area (Å²) in [6, 6.07) is 40.5. The molecular formula is C36H27ClN2O3S. The van der Waals surface area contributed by atoms with Crippen LogP contribution in [0, 0.1) is 0 Å². The van der Waals surface area contributed by atoms with Gasteiger partial charge in [0, 0.05) is 26.7 Å². The fourth-order valence-corrected chi connectivity index (χ4v) is 5.33. The van der Waals surface area contributed by atoms with E-state index in [9.17, 15) is 14.4 Å². The first kappa shape index (κ1) is 29.6. The van der Waals surface area contributed by atoms with Gasteiger partial charge in [-0.25, -0.2) is 0 Å². The molecule has 0 aliphatic rings. The van der Waals surface area contributed by atoms with E-state index < -0.39 is 11.8 Å². The van der Waals surface area contributed by atoms with Crippen LogP contribution >= 0.6 is 23.4 Å². The number of nitrogens with one attached hydrogen (secondary N) is 2. The molecule has 0 fully saturated rings. The number of benzene rings is 5. The quantitative estimate of drug-likeness (QED) is 0.0956. The number of hydrogen-bond donors (Lipinski definition) is 2. The summed E-state index contributed by atoms with van der Waals surface area (Å²) in [7, 11) is 0. The van der Waals surface area contributed by atoms with Crippen LogP contribution in [0.4, 0.5) is 5.69 Å². The standard InChI is InChI=1S/C36H27ClN2O3S/c37-30-14-7-9-25(21-30)22-33(39-35(41)29-12-5-2-6-13-29)36(42)38-31-15-8-16-32(23-31)43-24-34(40)28-19-17-27(18-20-28)26-10-3-1-4-11-26/h1-23H,24H2,(H,38,42)(H,39,41)/b33-22-. The Morgan fingerprint density at radius 2 is 1.35 bits per heavy atom. The zero-order chi connectivity index (χ0) is 30.0. The summed E-state index contributed by atoms with van der Waals surface area (Å²) in [6.07, 6.45) is 1.57. The van der Waals surface area contributed by atoms with E-state index in [-0.39, 0.29) is 17.2 Å². The summed E-state index contributed by atoms with van der Waals surface area (Å²) in [5.41, 5.74) is 4.46. The molecule has 5 rings (SSSR count). The van der Waals surface area contributed by atoms with E-state index in [4.69, 9.17) is 11.6 Å². The lowest BCUT2D eigenvalue weighted by Gasteiger charge is -2.12. The molecule has 5 nitrogen and oxygen atoms in total. The van der Waals surface area contributed by atoms with Gasteiger partial charge in [0.1, 0.15) is 5.70 Å². The number of hydrogen-bond acceptors (Lipinski definition) is 4. The van der Waals surface area contributed by atoms with Crippen LogP contribution in [0.3, 0.4) is 0 Å². The highest BCUT2D eigenvalue weighted by molar-refractivity contribution is 8.00. The molecular weight excluding hydrogens is 576 g/mol. The Bertz CT molecular complexity index is 1770. The Morgan fingerprint density at radius 1 is 0.674 bits per heavy atom. The molecule has 7 heteroatoms. The van der Waals surface area contributed by atoms with Crippen molar-refractivity contribution in [3.8, 4) is 11.1 Å². The monoisotopic (exact) mass is 602 g/mol. The molecule has 0 radical (unpaired) electrons. The van der Waals surface area contributed by atoms with Gasteiger partial charge in [0.25, 0.3) is 11.8 Å². The second kappa shape index (κ2) is 14.3. The molecule has 0 aliphatic carbocycles. The normalized spacial score (nSPS) is 11.0. The molecule has 0 aromatic heterocycles. The summed E-state index contributed by atoms with van der Waals surface area (Å²) in [4.78, 5) is 40.0. The molecule has 0 atom stereocenters. The minimum absolute atomic E-state index is 0.00872. The lowest BCUT2D eigenvalue weighted by Crippen LogP contribution is -2.30. The second-order valence-electron chi connectivity index (χ2n) is 9.57. The van der Waals surface area contributed by atoms with Crippen molar-refractivity contribution in [3.63, 3.8) is 0 Å². The van der Waals surface area contributed by atoms with E-state index in [0.29, 0.717) is 27.4 Å². The molecule has 0 bridgehead atoms. The SMILES string of the molecule is O=C(Nc1cccc(SCC(=O)c2ccc(-c3ccccc3)cc2)c1)/C(=C/c1cccc(Cl)c1)NC(=O)c1ccccc1. The zero-order valence-corrected chi connectivity index (χ0v) is 24.6. The Kier molecular flexibility index (Phi) is 9.85. The molecule has 5 aromatic carbocycles. The second-order valence-corrected chi connectivity index (χ2v) is 11.1. The summed E-state index contributed by atoms with van der Waals surface area (Å²) < 4.78 is 0. The van der Waals surface area contributed by atoms with Gasteiger partial charge in [-0.15, -0.1) is 11.8 Å². The van der Waals surface area contributed by atoms with Crippen LogP contribution in [0.2, 0.25) is 5.02 Å². The average molecular weight is 603 g/mol. The van der Waals surface area contributed by atoms with Crippen molar-refractivity contribution in [2.24, 2.45) is 0 Å². The zero-order valence-electron chi connectivity index (χ0n) is 23.0. The fourth-order valence-electron chi connectivity index (χ4n) is 4.28. The number of thioether (sulfide) groups is 1. The molecule has 5 aromatic rings. The highest BCUT2D eigenvalue weighted by Crippen LogP contribution is 2.25. The van der Waals surface area contributed by atoms with Crippen molar-refractivity contribution in [1.29, 1.82) is 0 Å². The summed E-state index contributed by atoms with van der Waals surface area (Å²) in [6.45, 7) is 0. The van der Waals surface area contributed by atoms with Gasteiger partial charge in [0.05, 0.1) is 5.75 Å². The van der Waals surface area contributed by atoms with Crippen LogP contribution in [0.1, 0.15) is 26.3 Å². The highest BCUT2D eigenvalue weighted by Gasteiger charge is 2.16. The first-order valence-electron chi connectivity index (χ1n) is 13.5. The predicted octanol–water partition coefficient (Wildman–Crippen LogP) is 8.39. The highest BCUT2D eigenvalue weighted by atomic mass is 35.5. The lowest BCUT2D eigenvalue weighted by molar-refractivity contribution is -0.113. The molecule has 0 saturated carbocycles. The van der Waals surface area contributed by atoms with E-state index >= 15 is 0 Å².